The predicted molar refractivity (Wildman–Crippen MR) is 205 cm³/mol. The Morgan fingerprint density at radius 3 is 2.30 bits per heavy atom. The monoisotopic (exact) mass is 743 g/mol. The Kier molecular flexibility index (Phi) is 12.7. The van der Waals surface area contributed by atoms with E-state index in [0.29, 0.717) is 63.5 Å². The van der Waals surface area contributed by atoms with Crippen LogP contribution in [0.2, 0.25) is 0 Å². The Balaban J connectivity index is 1.28. The lowest BCUT2D eigenvalue weighted by atomic mass is 9.94. The van der Waals surface area contributed by atoms with Gasteiger partial charge in [0.05, 0.1) is 17.8 Å². The topological polar surface area (TPSA) is 135 Å². The van der Waals surface area contributed by atoms with E-state index in [4.69, 9.17) is 13.9 Å². The van der Waals surface area contributed by atoms with Gasteiger partial charge in [-0.3, -0.25) is 14.4 Å². The molecule has 54 heavy (non-hydrogen) atoms. The second kappa shape index (κ2) is 17.1. The number of benzene rings is 2. The molecule has 0 unspecified atom stereocenters. The second-order valence-electron chi connectivity index (χ2n) is 16.8. The standard InChI is InChI=1S/C42H57N5O7/c1-28(2)23-32(44-37(48)31-17-12-13-19-34(31)52-27-36-43-25-35(53-36)41(3,4)5)38(49)47-20-14-18-33(47)39(50)45-21-22-46(40(51)54-42(6,7)8)30(26-45)24-29-15-10-9-11-16-29/h9-13,15-17,19,25,28,30,32-33H,14,18,20-24,26-27H2,1-8H3,(H,44,48)/t30-,32+,33+/m0/s1. The second-order valence-corrected chi connectivity index (χ2v) is 16.8. The number of nitrogens with one attached hydrogen (secondary N) is 1. The maximum atomic E-state index is 14.3. The number of nitrogens with zero attached hydrogens (tertiary/aromatic N) is 4. The molecule has 12 heteroatoms. The highest BCUT2D eigenvalue weighted by Gasteiger charge is 2.42. The largest absolute Gasteiger partial charge is 0.483 e. The zero-order chi connectivity index (χ0) is 39.2. The Bertz CT molecular complexity index is 1760. The van der Waals surface area contributed by atoms with Gasteiger partial charge in [-0.1, -0.05) is 77.1 Å². The summed E-state index contributed by atoms with van der Waals surface area (Å²) >= 11 is 0. The first-order valence-corrected chi connectivity index (χ1v) is 19.1. The maximum absolute atomic E-state index is 14.3. The van der Waals surface area contributed by atoms with Crippen LogP contribution in [0.15, 0.2) is 65.2 Å². The van der Waals surface area contributed by atoms with Crippen LogP contribution in [-0.4, -0.2) is 93.4 Å². The number of aromatic nitrogens is 1. The molecule has 0 aliphatic carbocycles. The number of hydrogen-bond donors (Lipinski definition) is 1. The highest BCUT2D eigenvalue weighted by atomic mass is 16.6. The molecule has 5 rings (SSSR count). The fraction of sp³-hybridized carbons (Fsp3) is 0.548. The molecule has 4 amide bonds. The van der Waals surface area contributed by atoms with Crippen molar-refractivity contribution in [1.29, 1.82) is 0 Å². The van der Waals surface area contributed by atoms with Gasteiger partial charge in [0, 0.05) is 31.6 Å². The van der Waals surface area contributed by atoms with Crippen LogP contribution in [0, 0.1) is 5.92 Å². The van der Waals surface area contributed by atoms with Crippen LogP contribution in [-0.2, 0) is 32.8 Å². The molecule has 1 N–H and O–H groups in total. The fourth-order valence-corrected chi connectivity index (χ4v) is 6.95. The van der Waals surface area contributed by atoms with Gasteiger partial charge in [-0.05, 0) is 70.1 Å². The highest BCUT2D eigenvalue weighted by molar-refractivity contribution is 6.00. The van der Waals surface area contributed by atoms with E-state index < -0.39 is 29.7 Å². The number of hydrogen-bond acceptors (Lipinski definition) is 8. The molecule has 2 aliphatic heterocycles. The molecule has 3 aromatic rings. The summed E-state index contributed by atoms with van der Waals surface area (Å²) in [6.07, 6.45) is 3.43. The number of likely N-dealkylation sites (tertiary alicyclic amines) is 1. The maximum Gasteiger partial charge on any atom is 0.410 e. The van der Waals surface area contributed by atoms with Crippen LogP contribution in [0.4, 0.5) is 4.79 Å². The van der Waals surface area contributed by atoms with Gasteiger partial charge in [0.1, 0.15) is 29.2 Å². The van der Waals surface area contributed by atoms with Crippen LogP contribution < -0.4 is 10.1 Å². The zero-order valence-electron chi connectivity index (χ0n) is 33.1. The molecular weight excluding hydrogens is 686 g/mol. The molecular formula is C42H57N5O7. The van der Waals surface area contributed by atoms with Crippen molar-refractivity contribution in [3.05, 3.63) is 83.6 Å². The number of oxazole rings is 1. The first kappa shape index (κ1) is 40.3. The normalized spacial score (nSPS) is 18.4. The molecule has 2 saturated heterocycles. The summed E-state index contributed by atoms with van der Waals surface area (Å²) in [5.74, 6) is 0.680. The molecule has 2 aromatic carbocycles. The number of para-hydroxylation sites is 1. The number of amides is 4. The van der Waals surface area contributed by atoms with Crippen LogP contribution in [0.5, 0.6) is 5.75 Å². The molecule has 0 spiro atoms. The minimum absolute atomic E-state index is 0.0323. The lowest BCUT2D eigenvalue weighted by molar-refractivity contribution is -0.146. The van der Waals surface area contributed by atoms with E-state index in [2.05, 4.69) is 10.3 Å². The van der Waals surface area contributed by atoms with Gasteiger partial charge in [0.15, 0.2) is 6.61 Å². The van der Waals surface area contributed by atoms with Gasteiger partial charge in [-0.25, -0.2) is 9.78 Å². The predicted octanol–water partition coefficient (Wildman–Crippen LogP) is 6.38. The molecule has 0 bridgehead atoms. The molecule has 3 atom stereocenters. The summed E-state index contributed by atoms with van der Waals surface area (Å²) in [5.41, 5.74) is 0.469. The van der Waals surface area contributed by atoms with E-state index in [9.17, 15) is 19.2 Å². The number of rotatable bonds is 11. The highest BCUT2D eigenvalue weighted by Crippen LogP contribution is 2.27. The quantitative estimate of drug-likeness (QED) is 0.239. The van der Waals surface area contributed by atoms with Gasteiger partial charge in [-0.2, -0.15) is 0 Å². The number of carbonyl (C=O) groups excluding carboxylic acids is 4. The lowest BCUT2D eigenvalue weighted by Gasteiger charge is -2.43. The number of piperazine rings is 1. The Labute approximate surface area is 319 Å². The van der Waals surface area contributed by atoms with E-state index in [0.717, 1.165) is 11.3 Å². The van der Waals surface area contributed by atoms with E-state index in [1.165, 1.54) is 0 Å². The molecule has 1 aromatic heterocycles. The summed E-state index contributed by atoms with van der Waals surface area (Å²) < 4.78 is 17.6. The fourth-order valence-electron chi connectivity index (χ4n) is 6.95. The number of carbonyl (C=O) groups is 4. The van der Waals surface area contributed by atoms with Crippen LogP contribution in [0.1, 0.15) is 102 Å². The summed E-state index contributed by atoms with van der Waals surface area (Å²) in [7, 11) is 0. The molecule has 3 heterocycles. The first-order valence-electron chi connectivity index (χ1n) is 19.1. The van der Waals surface area contributed by atoms with Gasteiger partial charge >= 0.3 is 6.09 Å². The zero-order valence-corrected chi connectivity index (χ0v) is 33.1. The third kappa shape index (κ3) is 10.4. The van der Waals surface area contributed by atoms with Crippen molar-refractivity contribution in [2.24, 2.45) is 5.92 Å². The van der Waals surface area contributed by atoms with E-state index in [1.807, 2.05) is 85.7 Å². The summed E-state index contributed by atoms with van der Waals surface area (Å²) in [6.45, 7) is 17.0. The molecule has 2 fully saturated rings. The van der Waals surface area contributed by atoms with Crippen molar-refractivity contribution in [1.82, 2.24) is 25.0 Å². The van der Waals surface area contributed by atoms with Crippen LogP contribution >= 0.6 is 0 Å². The third-order valence-corrected chi connectivity index (χ3v) is 9.64. The van der Waals surface area contributed by atoms with Crippen molar-refractivity contribution in [2.75, 3.05) is 26.2 Å². The van der Waals surface area contributed by atoms with Gasteiger partial charge in [-0.15, -0.1) is 0 Å². The van der Waals surface area contributed by atoms with E-state index in [1.54, 1.807) is 45.2 Å². The Morgan fingerprint density at radius 2 is 1.63 bits per heavy atom. The molecule has 0 radical (unpaired) electrons. The van der Waals surface area contributed by atoms with E-state index in [-0.39, 0.29) is 41.4 Å². The number of ether oxygens (including phenoxy) is 2. The molecule has 0 saturated carbocycles. The summed E-state index contributed by atoms with van der Waals surface area (Å²) in [6, 6.07) is 14.9. The van der Waals surface area contributed by atoms with Gasteiger partial charge < -0.3 is 33.9 Å². The molecule has 2 aliphatic rings. The minimum Gasteiger partial charge on any atom is -0.483 e. The van der Waals surface area contributed by atoms with Crippen LogP contribution in [0.25, 0.3) is 0 Å². The minimum atomic E-state index is -0.852. The Hall–Kier alpha value is -4.87. The smallest absolute Gasteiger partial charge is 0.410 e. The van der Waals surface area contributed by atoms with Gasteiger partial charge in [0.2, 0.25) is 17.7 Å². The summed E-state index contributed by atoms with van der Waals surface area (Å²) in [4.78, 5) is 65.2. The van der Waals surface area contributed by atoms with Crippen molar-refractivity contribution in [2.45, 2.75) is 117 Å². The van der Waals surface area contributed by atoms with Crippen LogP contribution in [0.3, 0.4) is 0 Å². The van der Waals surface area contributed by atoms with Crippen molar-refractivity contribution >= 4 is 23.8 Å². The first-order chi connectivity index (χ1) is 25.5. The summed E-state index contributed by atoms with van der Waals surface area (Å²) in [5, 5.41) is 2.98. The third-order valence-electron chi connectivity index (χ3n) is 9.64. The average Bonchev–Trinajstić information content (AvgIpc) is 3.80. The van der Waals surface area contributed by atoms with Gasteiger partial charge in [0.25, 0.3) is 5.91 Å². The molecule has 12 nitrogen and oxygen atoms in total. The Morgan fingerprint density at radius 1 is 0.926 bits per heavy atom. The van der Waals surface area contributed by atoms with Crippen molar-refractivity contribution in [3.63, 3.8) is 0 Å². The molecule has 292 valence electrons. The lowest BCUT2D eigenvalue weighted by Crippen LogP contribution is -2.61. The van der Waals surface area contributed by atoms with Crippen molar-refractivity contribution in [3.8, 4) is 5.75 Å². The van der Waals surface area contributed by atoms with E-state index >= 15 is 0 Å². The van der Waals surface area contributed by atoms with Crippen molar-refractivity contribution < 1.29 is 33.1 Å². The SMILES string of the molecule is CC(C)C[C@@H](NC(=O)c1ccccc1OCc1ncc(C(C)(C)C)o1)C(=O)N1CCC[C@@H]1C(=O)N1CCN(C(=O)OC(C)(C)C)[C@@H](Cc2ccccc2)C1. The average molecular weight is 744 g/mol.